The molecule has 8 nitrogen and oxygen atoms in total. The van der Waals surface area contributed by atoms with E-state index < -0.39 is 0 Å². The van der Waals surface area contributed by atoms with Crippen LogP contribution in [0.25, 0.3) is 107 Å². The van der Waals surface area contributed by atoms with E-state index in [2.05, 4.69) is 71.3 Å². The average Bonchev–Trinajstić information content (AvgIpc) is 3.72. The van der Waals surface area contributed by atoms with Gasteiger partial charge in [-0.05, 0) is 65.7 Å². The van der Waals surface area contributed by atoms with Gasteiger partial charge in [-0.15, -0.1) is 0 Å². The highest BCUT2D eigenvalue weighted by atomic mass is 15.1. The zero-order valence-electron chi connectivity index (χ0n) is 34.7. The van der Waals surface area contributed by atoms with E-state index in [1.807, 2.05) is 146 Å². The van der Waals surface area contributed by atoms with Gasteiger partial charge in [0.1, 0.15) is 0 Å². The van der Waals surface area contributed by atoms with Gasteiger partial charge < -0.3 is 4.57 Å². The second kappa shape index (κ2) is 16.5. The standard InChI is InChI=1S/C57H34N8/c58-35-37-29-38(36-59)31-45(30-37)43-25-27-52-47(32-43)46-23-13-14-24-51(46)65(52)53-28-26-44(50-34-49(39-15-5-1-6-16-39)60-54(61-50)40-17-7-2-8-18-40)33-48(53)57-63-55(41-19-9-3-10-20-41)62-56(64-57)42-21-11-4-12-22-42/h1-34H. The quantitative estimate of drug-likeness (QED) is 0.150. The Bertz CT molecular complexity index is 3520. The van der Waals surface area contributed by atoms with E-state index in [-0.39, 0.29) is 0 Å². The van der Waals surface area contributed by atoms with Gasteiger partial charge in [0.2, 0.25) is 0 Å². The van der Waals surface area contributed by atoms with E-state index >= 15 is 0 Å². The van der Waals surface area contributed by atoms with Crippen LogP contribution in [-0.2, 0) is 0 Å². The molecule has 8 aromatic carbocycles. The minimum absolute atomic E-state index is 0.434. The Kier molecular flexibility index (Phi) is 9.78. The van der Waals surface area contributed by atoms with Crippen LogP contribution in [0.3, 0.4) is 0 Å². The summed E-state index contributed by atoms with van der Waals surface area (Å²) < 4.78 is 2.26. The molecule has 11 rings (SSSR count). The van der Waals surface area contributed by atoms with Crippen LogP contribution in [0, 0.1) is 22.7 Å². The Morgan fingerprint density at radius 3 is 1.38 bits per heavy atom. The highest BCUT2D eigenvalue weighted by Crippen LogP contribution is 2.40. The normalized spacial score (nSPS) is 11.0. The molecule has 3 heterocycles. The van der Waals surface area contributed by atoms with Gasteiger partial charge in [0, 0.05) is 44.2 Å². The number of rotatable bonds is 8. The molecular weight excluding hydrogens is 797 g/mol. The molecule has 0 N–H and O–H groups in total. The summed E-state index contributed by atoms with van der Waals surface area (Å²) >= 11 is 0. The van der Waals surface area contributed by atoms with Crippen LogP contribution in [0.1, 0.15) is 11.1 Å². The molecule has 0 aliphatic carbocycles. The molecule has 0 aliphatic heterocycles. The molecule has 0 atom stereocenters. The third-order valence-corrected chi connectivity index (χ3v) is 11.5. The van der Waals surface area contributed by atoms with Gasteiger partial charge in [0.25, 0.3) is 0 Å². The molecule has 11 aromatic rings. The van der Waals surface area contributed by atoms with Crippen molar-refractivity contribution in [2.75, 3.05) is 0 Å². The van der Waals surface area contributed by atoms with Crippen LogP contribution in [0.2, 0.25) is 0 Å². The maximum Gasteiger partial charge on any atom is 0.166 e. The first kappa shape index (κ1) is 38.5. The number of benzene rings is 8. The summed E-state index contributed by atoms with van der Waals surface area (Å²) in [6.45, 7) is 0. The molecule has 0 fully saturated rings. The SMILES string of the molecule is N#Cc1cc(C#N)cc(-c2ccc3c(c2)c2ccccc2n3-c2ccc(-c3cc(-c4ccccc4)nc(-c4ccccc4)n3)cc2-c2nc(-c3ccccc3)nc(-c3ccccc3)n2)c1. The minimum Gasteiger partial charge on any atom is -0.309 e. The molecule has 0 amide bonds. The summed E-state index contributed by atoms with van der Waals surface area (Å²) in [6, 6.07) is 72.9. The highest BCUT2D eigenvalue weighted by molar-refractivity contribution is 6.11. The van der Waals surface area contributed by atoms with Crippen molar-refractivity contribution in [3.8, 4) is 97.0 Å². The van der Waals surface area contributed by atoms with Crippen molar-refractivity contribution in [1.82, 2.24) is 29.5 Å². The number of nitrogens with zero attached hydrogens (tertiary/aromatic N) is 8. The molecule has 0 unspecified atom stereocenters. The molecule has 0 radical (unpaired) electrons. The van der Waals surface area contributed by atoms with Gasteiger partial charge >= 0.3 is 0 Å². The van der Waals surface area contributed by atoms with E-state index in [1.165, 1.54) is 0 Å². The third-order valence-electron chi connectivity index (χ3n) is 11.5. The highest BCUT2D eigenvalue weighted by Gasteiger charge is 2.22. The molecule has 8 heteroatoms. The van der Waals surface area contributed by atoms with Crippen molar-refractivity contribution in [1.29, 1.82) is 10.5 Å². The van der Waals surface area contributed by atoms with Crippen LogP contribution >= 0.6 is 0 Å². The molecule has 0 bridgehead atoms. The van der Waals surface area contributed by atoms with Crippen LogP contribution in [0.5, 0.6) is 0 Å². The molecule has 0 saturated carbocycles. The lowest BCUT2D eigenvalue weighted by Gasteiger charge is -2.17. The summed E-state index contributed by atoms with van der Waals surface area (Å²) in [5, 5.41) is 21.6. The van der Waals surface area contributed by atoms with Gasteiger partial charge in [-0.2, -0.15) is 10.5 Å². The number of nitriles is 2. The molecular formula is C57H34N8. The minimum atomic E-state index is 0.434. The van der Waals surface area contributed by atoms with Crippen LogP contribution in [0.15, 0.2) is 206 Å². The van der Waals surface area contributed by atoms with Crippen LogP contribution in [-0.4, -0.2) is 29.5 Å². The first-order valence-corrected chi connectivity index (χ1v) is 21.1. The predicted octanol–water partition coefficient (Wildman–Crippen LogP) is 13.2. The number of aromatic nitrogens is 6. The zero-order valence-corrected chi connectivity index (χ0v) is 34.7. The summed E-state index contributed by atoms with van der Waals surface area (Å²) in [5.74, 6) is 2.21. The summed E-state index contributed by atoms with van der Waals surface area (Å²) in [4.78, 5) is 25.8. The number of para-hydroxylation sites is 1. The predicted molar refractivity (Wildman–Crippen MR) is 257 cm³/mol. The Balaban J connectivity index is 1.19. The topological polar surface area (TPSA) is 117 Å². The third kappa shape index (κ3) is 7.34. The molecule has 0 saturated heterocycles. The Morgan fingerprint density at radius 1 is 0.323 bits per heavy atom. The maximum atomic E-state index is 9.79. The lowest BCUT2D eigenvalue weighted by Crippen LogP contribution is -2.04. The Morgan fingerprint density at radius 2 is 0.800 bits per heavy atom. The second-order valence-electron chi connectivity index (χ2n) is 15.6. The lowest BCUT2D eigenvalue weighted by atomic mass is 9.99. The molecule has 3 aromatic heterocycles. The van der Waals surface area contributed by atoms with Gasteiger partial charge in [-0.25, -0.2) is 24.9 Å². The molecule has 65 heavy (non-hydrogen) atoms. The second-order valence-corrected chi connectivity index (χ2v) is 15.6. The van der Waals surface area contributed by atoms with Crippen LogP contribution < -0.4 is 0 Å². The number of hydrogen-bond donors (Lipinski definition) is 0. The van der Waals surface area contributed by atoms with Crippen molar-refractivity contribution in [3.05, 3.63) is 217 Å². The smallest absolute Gasteiger partial charge is 0.166 e. The largest absolute Gasteiger partial charge is 0.309 e. The summed E-state index contributed by atoms with van der Waals surface area (Å²) in [6.07, 6.45) is 0. The van der Waals surface area contributed by atoms with E-state index in [0.717, 1.165) is 83.4 Å². The van der Waals surface area contributed by atoms with Gasteiger partial charge in [-0.1, -0.05) is 152 Å². The fourth-order valence-electron chi connectivity index (χ4n) is 8.40. The van der Waals surface area contributed by atoms with Crippen molar-refractivity contribution in [2.24, 2.45) is 0 Å². The van der Waals surface area contributed by atoms with Gasteiger partial charge in [0.05, 0.1) is 51.4 Å². The van der Waals surface area contributed by atoms with Crippen LogP contribution in [0.4, 0.5) is 0 Å². The van der Waals surface area contributed by atoms with Crippen molar-refractivity contribution in [3.63, 3.8) is 0 Å². The fourth-order valence-corrected chi connectivity index (χ4v) is 8.40. The van der Waals surface area contributed by atoms with E-state index in [9.17, 15) is 10.5 Å². The van der Waals surface area contributed by atoms with E-state index in [4.69, 9.17) is 24.9 Å². The monoisotopic (exact) mass is 830 g/mol. The first-order chi connectivity index (χ1) is 32.1. The van der Waals surface area contributed by atoms with Gasteiger partial charge in [-0.3, -0.25) is 0 Å². The fraction of sp³-hybridized carbons (Fsp3) is 0. The van der Waals surface area contributed by atoms with Crippen molar-refractivity contribution < 1.29 is 0 Å². The average molecular weight is 831 g/mol. The lowest BCUT2D eigenvalue weighted by molar-refractivity contribution is 1.06. The number of hydrogen-bond acceptors (Lipinski definition) is 7. The summed E-state index contributed by atoms with van der Waals surface area (Å²) in [5.41, 5.74) is 12.2. The first-order valence-electron chi connectivity index (χ1n) is 21.1. The zero-order chi connectivity index (χ0) is 43.7. The van der Waals surface area contributed by atoms with E-state index in [1.54, 1.807) is 6.07 Å². The molecule has 0 spiro atoms. The molecule has 302 valence electrons. The number of fused-ring (bicyclic) bond motifs is 3. The maximum absolute atomic E-state index is 9.79. The Labute approximate surface area is 374 Å². The summed E-state index contributed by atoms with van der Waals surface area (Å²) in [7, 11) is 0. The van der Waals surface area contributed by atoms with Crippen molar-refractivity contribution in [2.45, 2.75) is 0 Å². The Hall–Kier alpha value is -9.37. The van der Waals surface area contributed by atoms with E-state index in [0.29, 0.717) is 34.4 Å². The van der Waals surface area contributed by atoms with Crippen molar-refractivity contribution >= 4 is 21.8 Å². The molecule has 0 aliphatic rings. The van der Waals surface area contributed by atoms with Gasteiger partial charge in [0.15, 0.2) is 23.3 Å².